The van der Waals surface area contributed by atoms with Crippen LogP contribution in [0.3, 0.4) is 0 Å². The van der Waals surface area contributed by atoms with Gasteiger partial charge >= 0.3 is 0 Å². The SMILES string of the molecule is CN1C(=O)CC(C(=O)NCC2CNCC2O)C1c1cccnc1.Cl.Cl. The standard InChI is InChI=1S/C16H22N4O3.2ClH/c1-20-14(22)5-12(15(20)10-3-2-4-17-6-10)16(23)19-8-11-7-18-9-13(11)21;;/h2-4,6,11-13,15,18,21H,5,7-9H2,1H3,(H,19,23);2*1H. The fraction of sp³-hybridized carbons (Fsp3) is 0.562. The quantitative estimate of drug-likeness (QED) is 0.679. The monoisotopic (exact) mass is 390 g/mol. The minimum absolute atomic E-state index is 0. The molecule has 2 aliphatic rings. The van der Waals surface area contributed by atoms with Crippen LogP contribution < -0.4 is 10.6 Å². The second-order valence-corrected chi connectivity index (χ2v) is 6.28. The number of aromatic nitrogens is 1. The molecule has 3 heterocycles. The Bertz CT molecular complexity index is 590. The molecule has 9 heteroatoms. The van der Waals surface area contributed by atoms with Crippen molar-refractivity contribution in [3.63, 3.8) is 0 Å². The van der Waals surface area contributed by atoms with Crippen LogP contribution in [-0.2, 0) is 9.59 Å². The number of β-amino-alcohol motifs (C(OH)–C–C–N with tert-alkyl or cyclic N) is 1. The molecule has 2 saturated heterocycles. The van der Waals surface area contributed by atoms with Gasteiger partial charge in [0.05, 0.1) is 18.1 Å². The summed E-state index contributed by atoms with van der Waals surface area (Å²) in [4.78, 5) is 30.3. The molecule has 25 heavy (non-hydrogen) atoms. The summed E-state index contributed by atoms with van der Waals surface area (Å²) in [7, 11) is 1.72. The molecule has 2 aliphatic heterocycles. The number of aliphatic hydroxyl groups excluding tert-OH is 1. The van der Waals surface area contributed by atoms with Gasteiger partial charge < -0.3 is 20.6 Å². The molecule has 0 saturated carbocycles. The number of rotatable bonds is 4. The summed E-state index contributed by atoms with van der Waals surface area (Å²) >= 11 is 0. The van der Waals surface area contributed by atoms with Crippen LogP contribution in [0.5, 0.6) is 0 Å². The molecule has 1 aromatic heterocycles. The Kier molecular flexibility index (Phi) is 8.08. The van der Waals surface area contributed by atoms with Gasteiger partial charge in [0.25, 0.3) is 0 Å². The number of carbonyl (C=O) groups is 2. The van der Waals surface area contributed by atoms with Crippen LogP contribution in [0.4, 0.5) is 0 Å². The fourth-order valence-corrected chi connectivity index (χ4v) is 3.40. The second kappa shape index (κ2) is 9.33. The highest BCUT2D eigenvalue weighted by Gasteiger charge is 2.43. The molecule has 0 spiro atoms. The number of nitrogens with one attached hydrogen (secondary N) is 2. The van der Waals surface area contributed by atoms with E-state index in [1.54, 1.807) is 24.3 Å². The first-order chi connectivity index (χ1) is 11.1. The van der Waals surface area contributed by atoms with Crippen LogP contribution in [0.2, 0.25) is 0 Å². The molecule has 0 aromatic carbocycles. The van der Waals surface area contributed by atoms with Gasteiger partial charge in [-0.2, -0.15) is 0 Å². The summed E-state index contributed by atoms with van der Waals surface area (Å²) in [5, 5.41) is 15.8. The lowest BCUT2D eigenvalue weighted by atomic mass is 9.93. The number of halogens is 2. The van der Waals surface area contributed by atoms with Crippen LogP contribution in [0, 0.1) is 11.8 Å². The lowest BCUT2D eigenvalue weighted by molar-refractivity contribution is -0.128. The molecule has 4 atom stereocenters. The van der Waals surface area contributed by atoms with E-state index in [1.165, 1.54) is 0 Å². The first-order valence-electron chi connectivity index (χ1n) is 7.90. The molecule has 0 radical (unpaired) electrons. The molecular formula is C16H24Cl2N4O3. The molecule has 4 unspecified atom stereocenters. The van der Waals surface area contributed by atoms with Gasteiger partial charge in [0.15, 0.2) is 0 Å². The average Bonchev–Trinajstić information content (AvgIpc) is 3.10. The van der Waals surface area contributed by atoms with E-state index in [0.717, 1.165) is 5.56 Å². The Balaban J connectivity index is 0.00000156. The molecule has 3 rings (SSSR count). The van der Waals surface area contributed by atoms with E-state index in [0.29, 0.717) is 19.6 Å². The highest BCUT2D eigenvalue weighted by Crippen LogP contribution is 2.36. The van der Waals surface area contributed by atoms with Crippen molar-refractivity contribution < 1.29 is 14.7 Å². The van der Waals surface area contributed by atoms with Crippen LogP contribution in [-0.4, -0.2) is 59.6 Å². The van der Waals surface area contributed by atoms with Gasteiger partial charge in [-0.05, 0) is 11.6 Å². The third-order valence-corrected chi connectivity index (χ3v) is 4.79. The highest BCUT2D eigenvalue weighted by molar-refractivity contribution is 5.90. The molecule has 0 aliphatic carbocycles. The summed E-state index contributed by atoms with van der Waals surface area (Å²) in [6.07, 6.45) is 3.14. The van der Waals surface area contributed by atoms with E-state index in [-0.39, 0.29) is 55.0 Å². The molecule has 2 amide bonds. The third-order valence-electron chi connectivity index (χ3n) is 4.79. The summed E-state index contributed by atoms with van der Waals surface area (Å²) < 4.78 is 0. The molecule has 140 valence electrons. The number of hydrogen-bond acceptors (Lipinski definition) is 5. The molecule has 7 nitrogen and oxygen atoms in total. The van der Waals surface area contributed by atoms with Crippen LogP contribution in [0.15, 0.2) is 24.5 Å². The van der Waals surface area contributed by atoms with Crippen LogP contribution >= 0.6 is 24.8 Å². The fourth-order valence-electron chi connectivity index (χ4n) is 3.40. The lowest BCUT2D eigenvalue weighted by Crippen LogP contribution is -2.39. The minimum Gasteiger partial charge on any atom is -0.391 e. The molecule has 3 N–H and O–H groups in total. The Morgan fingerprint density at radius 1 is 1.44 bits per heavy atom. The van der Waals surface area contributed by atoms with Gasteiger partial charge in [0.1, 0.15) is 0 Å². The second-order valence-electron chi connectivity index (χ2n) is 6.28. The third kappa shape index (κ3) is 4.61. The Morgan fingerprint density at radius 2 is 2.20 bits per heavy atom. The predicted octanol–water partition coefficient (Wildman–Crippen LogP) is 0.141. The summed E-state index contributed by atoms with van der Waals surface area (Å²) in [5.74, 6) is -0.592. The number of carbonyl (C=O) groups excluding carboxylic acids is 2. The summed E-state index contributed by atoms with van der Waals surface area (Å²) in [6, 6.07) is 3.40. The number of hydrogen-bond donors (Lipinski definition) is 3. The van der Waals surface area contributed by atoms with E-state index in [1.807, 2.05) is 12.1 Å². The van der Waals surface area contributed by atoms with Crippen LogP contribution in [0.25, 0.3) is 0 Å². The predicted molar refractivity (Wildman–Crippen MR) is 97.7 cm³/mol. The van der Waals surface area contributed by atoms with Gasteiger partial charge in [0, 0.05) is 51.4 Å². The van der Waals surface area contributed by atoms with E-state index in [9.17, 15) is 14.7 Å². The van der Waals surface area contributed by atoms with Crippen molar-refractivity contribution in [3.05, 3.63) is 30.1 Å². The van der Waals surface area contributed by atoms with Gasteiger partial charge in [-0.1, -0.05) is 6.07 Å². The topological polar surface area (TPSA) is 94.6 Å². The maximum Gasteiger partial charge on any atom is 0.226 e. The van der Waals surface area contributed by atoms with Gasteiger partial charge in [0.2, 0.25) is 11.8 Å². The smallest absolute Gasteiger partial charge is 0.226 e. The number of amides is 2. The van der Waals surface area contributed by atoms with E-state index in [4.69, 9.17) is 0 Å². The van der Waals surface area contributed by atoms with Crippen molar-refractivity contribution >= 4 is 36.6 Å². The Morgan fingerprint density at radius 3 is 2.80 bits per heavy atom. The molecule has 1 aromatic rings. The van der Waals surface area contributed by atoms with Crippen molar-refractivity contribution in [2.24, 2.45) is 11.8 Å². The normalized spacial score (nSPS) is 28.2. The number of pyridine rings is 1. The number of likely N-dealkylation sites (tertiary alicyclic amines) is 1. The van der Waals surface area contributed by atoms with Crippen molar-refractivity contribution in [1.82, 2.24) is 20.5 Å². The zero-order valence-corrected chi connectivity index (χ0v) is 15.6. The van der Waals surface area contributed by atoms with Crippen molar-refractivity contribution in [1.29, 1.82) is 0 Å². The lowest BCUT2D eigenvalue weighted by Gasteiger charge is -2.25. The van der Waals surface area contributed by atoms with E-state index < -0.39 is 12.0 Å². The number of nitrogens with zero attached hydrogens (tertiary/aromatic N) is 2. The first kappa shape index (κ1) is 21.6. The minimum atomic E-state index is -0.433. The maximum absolute atomic E-state index is 12.6. The van der Waals surface area contributed by atoms with Crippen LogP contribution in [0.1, 0.15) is 18.0 Å². The van der Waals surface area contributed by atoms with Crippen molar-refractivity contribution in [2.45, 2.75) is 18.6 Å². The zero-order chi connectivity index (χ0) is 16.4. The first-order valence-corrected chi connectivity index (χ1v) is 7.90. The van der Waals surface area contributed by atoms with Crippen molar-refractivity contribution in [3.8, 4) is 0 Å². The Hall–Kier alpha value is -1.41. The molecule has 0 bridgehead atoms. The molecule has 2 fully saturated rings. The number of aliphatic hydroxyl groups is 1. The summed E-state index contributed by atoms with van der Waals surface area (Å²) in [6.45, 7) is 1.67. The van der Waals surface area contributed by atoms with Gasteiger partial charge in [-0.3, -0.25) is 14.6 Å². The largest absolute Gasteiger partial charge is 0.391 e. The maximum atomic E-state index is 12.6. The Labute approximate surface area is 159 Å². The zero-order valence-electron chi connectivity index (χ0n) is 13.9. The van der Waals surface area contributed by atoms with Gasteiger partial charge in [-0.15, -0.1) is 24.8 Å². The van der Waals surface area contributed by atoms with E-state index >= 15 is 0 Å². The van der Waals surface area contributed by atoms with Gasteiger partial charge in [-0.25, -0.2) is 0 Å². The summed E-state index contributed by atoms with van der Waals surface area (Å²) in [5.41, 5.74) is 0.864. The average molecular weight is 391 g/mol. The molecular weight excluding hydrogens is 367 g/mol. The van der Waals surface area contributed by atoms with E-state index in [2.05, 4.69) is 15.6 Å². The highest BCUT2D eigenvalue weighted by atomic mass is 35.5. The van der Waals surface area contributed by atoms with Crippen molar-refractivity contribution in [2.75, 3.05) is 26.7 Å².